The molecule has 10 heteroatoms. The number of thioether (sulfide) groups is 1. The van der Waals surface area contributed by atoms with Crippen molar-refractivity contribution in [1.82, 2.24) is 15.1 Å². The van der Waals surface area contributed by atoms with Gasteiger partial charge in [-0.3, -0.25) is 4.79 Å². The molecule has 0 spiro atoms. The molecule has 0 aliphatic carbocycles. The van der Waals surface area contributed by atoms with Gasteiger partial charge in [0.25, 0.3) is 11.1 Å². The lowest BCUT2D eigenvalue weighted by molar-refractivity contribution is -0.125. The highest BCUT2D eigenvalue weighted by molar-refractivity contribution is 7.99. The zero-order valence-electron chi connectivity index (χ0n) is 13.6. The van der Waals surface area contributed by atoms with Gasteiger partial charge in [-0.25, -0.2) is 9.69 Å². The topological polar surface area (TPSA) is 104 Å². The van der Waals surface area contributed by atoms with E-state index in [0.29, 0.717) is 17.1 Å². The van der Waals surface area contributed by atoms with Crippen LogP contribution in [0.15, 0.2) is 27.8 Å². The van der Waals surface area contributed by atoms with Gasteiger partial charge in [-0.15, -0.1) is 10.2 Å². The van der Waals surface area contributed by atoms with Crippen LogP contribution >= 0.6 is 11.8 Å². The lowest BCUT2D eigenvalue weighted by Gasteiger charge is -2.08. The molecule has 1 aromatic carbocycles. The largest absolute Gasteiger partial charge is 0.497 e. The highest BCUT2D eigenvalue weighted by Crippen LogP contribution is 2.33. The summed E-state index contributed by atoms with van der Waals surface area (Å²) in [6, 6.07) is 5.19. The van der Waals surface area contributed by atoms with E-state index in [-0.39, 0.29) is 35.9 Å². The van der Waals surface area contributed by atoms with E-state index in [1.807, 2.05) is 0 Å². The number of ether oxygens (including phenoxy) is 3. The lowest BCUT2D eigenvalue weighted by Crippen LogP contribution is -2.32. The van der Waals surface area contributed by atoms with Crippen LogP contribution in [0.1, 0.15) is 0 Å². The Hall–Kier alpha value is -2.75. The number of methoxy groups -OCH3 is 2. The van der Waals surface area contributed by atoms with Crippen molar-refractivity contribution in [3.05, 3.63) is 18.2 Å². The smallest absolute Gasteiger partial charge is 0.416 e. The molecule has 1 fully saturated rings. The highest BCUT2D eigenvalue weighted by atomic mass is 32.2. The number of carbonyl (C=O) groups is 2. The average Bonchev–Trinajstić information content (AvgIpc) is 3.28. The van der Waals surface area contributed by atoms with Gasteiger partial charge in [0, 0.05) is 6.07 Å². The molecular weight excluding hydrogens is 350 g/mol. The van der Waals surface area contributed by atoms with Crippen molar-refractivity contribution in [1.29, 1.82) is 0 Å². The monoisotopic (exact) mass is 365 g/mol. The van der Waals surface area contributed by atoms with Crippen molar-refractivity contribution in [3.63, 3.8) is 0 Å². The minimum absolute atomic E-state index is 0.00349. The first-order chi connectivity index (χ1) is 12.1. The first-order valence-electron chi connectivity index (χ1n) is 7.28. The van der Waals surface area contributed by atoms with Gasteiger partial charge >= 0.3 is 6.09 Å². The fraction of sp³-hybridized carbons (Fsp3) is 0.333. The summed E-state index contributed by atoms with van der Waals surface area (Å²) < 4.78 is 20.7. The Morgan fingerprint density at radius 2 is 2.16 bits per heavy atom. The van der Waals surface area contributed by atoms with Crippen molar-refractivity contribution in [2.75, 3.05) is 33.1 Å². The minimum atomic E-state index is -0.625. The maximum absolute atomic E-state index is 12.0. The maximum atomic E-state index is 12.0. The Kier molecular flexibility index (Phi) is 5.08. The van der Waals surface area contributed by atoms with Crippen LogP contribution in [0.25, 0.3) is 11.5 Å². The van der Waals surface area contributed by atoms with Gasteiger partial charge in [-0.2, -0.15) is 0 Å². The molecule has 9 nitrogen and oxygen atoms in total. The second-order valence-corrected chi connectivity index (χ2v) is 5.81. The quantitative estimate of drug-likeness (QED) is 0.709. The summed E-state index contributed by atoms with van der Waals surface area (Å²) in [5.74, 6) is 1.05. The second-order valence-electron chi connectivity index (χ2n) is 4.89. The number of cyclic esters (lactones) is 1. The van der Waals surface area contributed by atoms with Crippen molar-refractivity contribution >= 4 is 23.8 Å². The Morgan fingerprint density at radius 1 is 1.32 bits per heavy atom. The van der Waals surface area contributed by atoms with Crippen LogP contribution in [0, 0.1) is 0 Å². The molecule has 1 aromatic heterocycles. The summed E-state index contributed by atoms with van der Waals surface area (Å²) in [5.41, 5.74) is 0.608. The van der Waals surface area contributed by atoms with Gasteiger partial charge < -0.3 is 18.6 Å². The van der Waals surface area contributed by atoms with Crippen LogP contribution < -0.4 is 9.47 Å². The summed E-state index contributed by atoms with van der Waals surface area (Å²) in [7, 11) is 3.08. The van der Waals surface area contributed by atoms with Crippen LogP contribution in [-0.4, -0.2) is 60.2 Å². The third-order valence-electron chi connectivity index (χ3n) is 3.43. The fourth-order valence-corrected chi connectivity index (χ4v) is 2.81. The molecule has 132 valence electrons. The number of nitrogens with zero attached hydrogens (tertiary/aromatic N) is 3. The van der Waals surface area contributed by atoms with E-state index in [2.05, 4.69) is 10.2 Å². The van der Waals surface area contributed by atoms with Crippen LogP contribution in [0.2, 0.25) is 0 Å². The summed E-state index contributed by atoms with van der Waals surface area (Å²) in [4.78, 5) is 24.3. The molecule has 1 aliphatic heterocycles. The molecule has 2 amide bonds. The van der Waals surface area contributed by atoms with Crippen molar-refractivity contribution in [3.8, 4) is 23.0 Å². The molecule has 1 aliphatic rings. The lowest BCUT2D eigenvalue weighted by atomic mass is 10.2. The Balaban J connectivity index is 1.68. The van der Waals surface area contributed by atoms with E-state index < -0.39 is 6.09 Å². The average molecular weight is 365 g/mol. The van der Waals surface area contributed by atoms with Gasteiger partial charge in [0.2, 0.25) is 5.91 Å². The first kappa shape index (κ1) is 17.1. The van der Waals surface area contributed by atoms with Gasteiger partial charge in [0.15, 0.2) is 0 Å². The number of benzene rings is 1. The van der Waals surface area contributed by atoms with Crippen LogP contribution in [0.3, 0.4) is 0 Å². The molecule has 2 aromatic rings. The Labute approximate surface area is 147 Å². The Morgan fingerprint density at radius 3 is 2.84 bits per heavy atom. The van der Waals surface area contributed by atoms with E-state index in [1.54, 1.807) is 25.3 Å². The van der Waals surface area contributed by atoms with Gasteiger partial charge in [-0.1, -0.05) is 11.8 Å². The molecule has 0 saturated carbocycles. The van der Waals surface area contributed by atoms with Crippen LogP contribution in [0.5, 0.6) is 11.5 Å². The number of imide groups is 1. The number of aromatic nitrogens is 2. The molecule has 1 saturated heterocycles. The summed E-state index contributed by atoms with van der Waals surface area (Å²) in [5, 5.41) is 8.08. The Bertz CT molecular complexity index is 793. The fourth-order valence-electron chi connectivity index (χ4n) is 2.17. The zero-order chi connectivity index (χ0) is 17.8. The number of rotatable bonds is 6. The molecule has 25 heavy (non-hydrogen) atoms. The van der Waals surface area contributed by atoms with Crippen LogP contribution in [0.4, 0.5) is 4.79 Å². The van der Waals surface area contributed by atoms with E-state index in [1.165, 1.54) is 7.11 Å². The standard InChI is InChI=1S/C15H15N3O6S/c1-21-9-3-4-10(11(7-9)22-2)13-16-17-14(24-13)25-8-12(19)18-5-6-23-15(18)20/h3-4,7H,5-6,8H2,1-2H3. The van der Waals surface area contributed by atoms with Crippen molar-refractivity contribution < 1.29 is 28.2 Å². The van der Waals surface area contributed by atoms with Crippen molar-refractivity contribution in [2.45, 2.75) is 5.22 Å². The summed E-state index contributed by atoms with van der Waals surface area (Å²) in [6.07, 6.45) is -0.625. The highest BCUT2D eigenvalue weighted by Gasteiger charge is 2.28. The number of amides is 2. The SMILES string of the molecule is COc1ccc(-c2nnc(SCC(=O)N3CCOC3=O)o2)c(OC)c1. The second kappa shape index (κ2) is 7.43. The summed E-state index contributed by atoms with van der Waals surface area (Å²) in [6.45, 7) is 0.480. The molecule has 0 atom stereocenters. The minimum Gasteiger partial charge on any atom is -0.497 e. The molecule has 0 radical (unpaired) electrons. The molecule has 3 rings (SSSR count). The van der Waals surface area contributed by atoms with Crippen molar-refractivity contribution in [2.24, 2.45) is 0 Å². The molecule has 0 unspecified atom stereocenters. The molecule has 2 heterocycles. The summed E-state index contributed by atoms with van der Waals surface area (Å²) >= 11 is 1.05. The predicted octanol–water partition coefficient (Wildman–Crippen LogP) is 1.82. The molecule has 0 bridgehead atoms. The normalized spacial score (nSPS) is 13.7. The van der Waals surface area contributed by atoms with E-state index in [0.717, 1.165) is 16.7 Å². The van der Waals surface area contributed by atoms with E-state index in [9.17, 15) is 9.59 Å². The van der Waals surface area contributed by atoms with Crippen LogP contribution in [-0.2, 0) is 9.53 Å². The predicted molar refractivity (Wildman–Crippen MR) is 86.6 cm³/mol. The molecule has 0 N–H and O–H groups in total. The first-order valence-corrected chi connectivity index (χ1v) is 8.26. The van der Waals surface area contributed by atoms with Gasteiger partial charge in [0.1, 0.15) is 18.1 Å². The van der Waals surface area contributed by atoms with Gasteiger partial charge in [-0.05, 0) is 12.1 Å². The number of hydrogen-bond donors (Lipinski definition) is 0. The van der Waals surface area contributed by atoms with Gasteiger partial charge in [0.05, 0.1) is 32.1 Å². The maximum Gasteiger partial charge on any atom is 0.416 e. The third kappa shape index (κ3) is 3.68. The number of hydrogen-bond acceptors (Lipinski definition) is 9. The van der Waals surface area contributed by atoms with E-state index in [4.69, 9.17) is 18.6 Å². The third-order valence-corrected chi connectivity index (χ3v) is 4.23. The zero-order valence-corrected chi connectivity index (χ0v) is 14.4. The van der Waals surface area contributed by atoms with E-state index >= 15 is 0 Å². The number of carbonyl (C=O) groups excluding carboxylic acids is 2. The molecular formula is C15H15N3O6S.